The molecule has 1 amide bonds. The molecule has 0 fully saturated rings. The molecule has 102 valence electrons. The van der Waals surface area contributed by atoms with Crippen molar-refractivity contribution in [2.24, 2.45) is 11.7 Å². The molecule has 1 aromatic heterocycles. The van der Waals surface area contributed by atoms with Gasteiger partial charge in [-0.1, -0.05) is 31.9 Å². The van der Waals surface area contributed by atoms with Crippen molar-refractivity contribution in [3.63, 3.8) is 0 Å². The number of nitrogens with zero attached hydrogens (tertiary/aromatic N) is 1. The summed E-state index contributed by atoms with van der Waals surface area (Å²) in [5.74, 6) is -0.106. The number of amides is 1. The Bertz CT molecular complexity index is 599. The van der Waals surface area contributed by atoms with E-state index in [1.54, 1.807) is 11.6 Å². The third kappa shape index (κ3) is 2.88. The highest BCUT2D eigenvalue weighted by Gasteiger charge is 2.21. The standard InChI is InChI=1S/C13H16ClN3OS/c1-3-7(2)10(15)13(18)17-11-8(14)4-5-9-12(11)16-6-19-9/h4-7,10H,3,15H2,1-2H3,(H,17,18)/t7-,10-/m0/s1. The summed E-state index contributed by atoms with van der Waals surface area (Å²) < 4.78 is 0.983. The fourth-order valence-electron chi connectivity index (χ4n) is 1.74. The van der Waals surface area contributed by atoms with Crippen LogP contribution in [0.1, 0.15) is 20.3 Å². The molecule has 2 atom stereocenters. The molecule has 0 saturated carbocycles. The average Bonchev–Trinajstić information content (AvgIpc) is 2.88. The summed E-state index contributed by atoms with van der Waals surface area (Å²) in [6.07, 6.45) is 0.850. The summed E-state index contributed by atoms with van der Waals surface area (Å²) in [6, 6.07) is 3.10. The highest BCUT2D eigenvalue weighted by molar-refractivity contribution is 7.16. The summed E-state index contributed by atoms with van der Waals surface area (Å²) in [7, 11) is 0. The fraction of sp³-hybridized carbons (Fsp3) is 0.385. The van der Waals surface area contributed by atoms with Gasteiger partial charge in [-0.2, -0.15) is 0 Å². The van der Waals surface area contributed by atoms with Crippen LogP contribution in [0.25, 0.3) is 10.2 Å². The molecule has 1 heterocycles. The Labute approximate surface area is 121 Å². The van der Waals surface area contributed by atoms with Gasteiger partial charge >= 0.3 is 0 Å². The van der Waals surface area contributed by atoms with Crippen LogP contribution in [0, 0.1) is 5.92 Å². The molecule has 0 bridgehead atoms. The second kappa shape index (κ2) is 5.86. The van der Waals surface area contributed by atoms with Gasteiger partial charge in [0.05, 0.1) is 27.0 Å². The number of thiazole rings is 1. The van der Waals surface area contributed by atoms with Gasteiger partial charge in [-0.05, 0) is 18.1 Å². The van der Waals surface area contributed by atoms with Gasteiger partial charge in [0.15, 0.2) is 0 Å². The Kier molecular flexibility index (Phi) is 4.39. The zero-order valence-corrected chi connectivity index (χ0v) is 12.4. The van der Waals surface area contributed by atoms with Crippen LogP contribution in [0.5, 0.6) is 0 Å². The smallest absolute Gasteiger partial charge is 0.241 e. The summed E-state index contributed by atoms with van der Waals surface area (Å²) >= 11 is 7.64. The van der Waals surface area contributed by atoms with Crippen LogP contribution in [0.3, 0.4) is 0 Å². The molecule has 0 aliphatic carbocycles. The zero-order chi connectivity index (χ0) is 14.0. The first kappa shape index (κ1) is 14.2. The van der Waals surface area contributed by atoms with Gasteiger partial charge in [0.25, 0.3) is 0 Å². The van der Waals surface area contributed by atoms with Crippen LogP contribution in [-0.2, 0) is 4.79 Å². The minimum absolute atomic E-state index is 0.119. The van der Waals surface area contributed by atoms with Crippen molar-refractivity contribution in [1.29, 1.82) is 0 Å². The predicted octanol–water partition coefficient (Wildman–Crippen LogP) is 3.26. The van der Waals surface area contributed by atoms with Gasteiger partial charge in [-0.15, -0.1) is 11.3 Å². The third-order valence-corrected chi connectivity index (χ3v) is 4.37. The van der Waals surface area contributed by atoms with E-state index in [0.717, 1.165) is 11.1 Å². The third-order valence-electron chi connectivity index (χ3n) is 3.26. The van der Waals surface area contributed by atoms with Crippen molar-refractivity contribution >= 4 is 44.7 Å². The van der Waals surface area contributed by atoms with Gasteiger partial charge in [0.1, 0.15) is 5.52 Å². The SMILES string of the molecule is CC[C@H](C)[C@H](N)C(=O)Nc1c(Cl)ccc2scnc12. The van der Waals surface area contributed by atoms with Crippen molar-refractivity contribution in [2.75, 3.05) is 5.32 Å². The van der Waals surface area contributed by atoms with E-state index < -0.39 is 6.04 Å². The maximum Gasteiger partial charge on any atom is 0.241 e. The minimum Gasteiger partial charge on any atom is -0.322 e. The van der Waals surface area contributed by atoms with Crippen LogP contribution in [0.4, 0.5) is 5.69 Å². The van der Waals surface area contributed by atoms with Gasteiger partial charge < -0.3 is 11.1 Å². The number of halogens is 1. The highest BCUT2D eigenvalue weighted by atomic mass is 35.5. The molecule has 1 aromatic carbocycles. The molecule has 6 heteroatoms. The summed E-state index contributed by atoms with van der Waals surface area (Å²) in [4.78, 5) is 16.3. The fourth-order valence-corrected chi connectivity index (χ4v) is 2.63. The number of fused-ring (bicyclic) bond motifs is 1. The van der Waals surface area contributed by atoms with Crippen LogP contribution >= 0.6 is 22.9 Å². The van der Waals surface area contributed by atoms with Crippen molar-refractivity contribution in [3.8, 4) is 0 Å². The molecular formula is C13H16ClN3OS. The number of aromatic nitrogens is 1. The lowest BCUT2D eigenvalue weighted by atomic mass is 9.99. The van der Waals surface area contributed by atoms with Crippen LogP contribution in [0.15, 0.2) is 17.6 Å². The molecule has 0 unspecified atom stereocenters. The molecule has 0 aliphatic rings. The number of hydrogen-bond donors (Lipinski definition) is 2. The van der Waals surface area contributed by atoms with Crippen LogP contribution in [0.2, 0.25) is 5.02 Å². The lowest BCUT2D eigenvalue weighted by Crippen LogP contribution is -2.40. The Hall–Kier alpha value is -1.17. The van der Waals surface area contributed by atoms with E-state index in [-0.39, 0.29) is 11.8 Å². The first-order valence-electron chi connectivity index (χ1n) is 6.12. The van der Waals surface area contributed by atoms with E-state index >= 15 is 0 Å². The molecule has 2 rings (SSSR count). The first-order chi connectivity index (χ1) is 9.04. The van der Waals surface area contributed by atoms with Gasteiger partial charge in [-0.3, -0.25) is 4.79 Å². The monoisotopic (exact) mass is 297 g/mol. The molecule has 0 spiro atoms. The van der Waals surface area contributed by atoms with E-state index in [1.807, 2.05) is 19.9 Å². The van der Waals surface area contributed by atoms with Gasteiger partial charge in [0.2, 0.25) is 5.91 Å². The molecular weight excluding hydrogens is 282 g/mol. The maximum atomic E-state index is 12.1. The highest BCUT2D eigenvalue weighted by Crippen LogP contribution is 2.32. The number of carbonyl (C=O) groups is 1. The molecule has 2 aromatic rings. The Morgan fingerprint density at radius 2 is 2.32 bits per heavy atom. The lowest BCUT2D eigenvalue weighted by Gasteiger charge is -2.18. The van der Waals surface area contributed by atoms with Crippen molar-refractivity contribution in [2.45, 2.75) is 26.3 Å². The number of rotatable bonds is 4. The molecule has 4 nitrogen and oxygen atoms in total. The van der Waals surface area contributed by atoms with E-state index in [0.29, 0.717) is 16.2 Å². The largest absolute Gasteiger partial charge is 0.322 e. The molecule has 19 heavy (non-hydrogen) atoms. The zero-order valence-electron chi connectivity index (χ0n) is 10.8. The minimum atomic E-state index is -0.546. The van der Waals surface area contributed by atoms with Crippen LogP contribution < -0.4 is 11.1 Å². The number of nitrogens with two attached hydrogens (primary N) is 1. The molecule has 0 aliphatic heterocycles. The number of nitrogens with one attached hydrogen (secondary N) is 1. The second-order valence-corrected chi connectivity index (χ2v) is 5.82. The topological polar surface area (TPSA) is 68.0 Å². The Balaban J connectivity index is 2.28. The average molecular weight is 298 g/mol. The van der Waals surface area contributed by atoms with Gasteiger partial charge in [-0.25, -0.2) is 4.98 Å². The first-order valence-corrected chi connectivity index (χ1v) is 7.38. The van der Waals surface area contributed by atoms with E-state index in [1.165, 1.54) is 11.3 Å². The van der Waals surface area contributed by atoms with Gasteiger partial charge in [0, 0.05) is 0 Å². The van der Waals surface area contributed by atoms with E-state index in [2.05, 4.69) is 10.3 Å². The number of carbonyl (C=O) groups excluding carboxylic acids is 1. The van der Waals surface area contributed by atoms with Crippen molar-refractivity contribution < 1.29 is 4.79 Å². The molecule has 0 radical (unpaired) electrons. The van der Waals surface area contributed by atoms with E-state index in [9.17, 15) is 4.79 Å². The quantitative estimate of drug-likeness (QED) is 0.910. The normalized spacial score (nSPS) is 14.3. The Morgan fingerprint density at radius 1 is 1.58 bits per heavy atom. The van der Waals surface area contributed by atoms with Crippen molar-refractivity contribution in [3.05, 3.63) is 22.7 Å². The number of benzene rings is 1. The lowest BCUT2D eigenvalue weighted by molar-refractivity contribution is -0.118. The van der Waals surface area contributed by atoms with Crippen molar-refractivity contribution in [1.82, 2.24) is 4.98 Å². The Morgan fingerprint density at radius 3 is 3.00 bits per heavy atom. The second-order valence-electron chi connectivity index (χ2n) is 4.52. The maximum absolute atomic E-state index is 12.1. The summed E-state index contributed by atoms with van der Waals surface area (Å²) in [5.41, 5.74) is 8.90. The molecule has 3 N–H and O–H groups in total. The molecule has 0 saturated heterocycles. The number of anilines is 1. The van der Waals surface area contributed by atoms with Crippen LogP contribution in [-0.4, -0.2) is 16.9 Å². The van der Waals surface area contributed by atoms with E-state index in [4.69, 9.17) is 17.3 Å². The number of hydrogen-bond acceptors (Lipinski definition) is 4. The summed E-state index contributed by atoms with van der Waals surface area (Å²) in [6.45, 7) is 3.96. The predicted molar refractivity (Wildman–Crippen MR) is 80.7 cm³/mol. The summed E-state index contributed by atoms with van der Waals surface area (Å²) in [5, 5.41) is 3.28.